The normalized spacial score (nSPS) is 28.2. The first kappa shape index (κ1) is 18.1. The Morgan fingerprint density at radius 1 is 1.38 bits per heavy atom. The molecular formula is C17H25N7O2. The second-order valence-corrected chi connectivity index (χ2v) is 7.09. The molecule has 0 bridgehead atoms. The van der Waals surface area contributed by atoms with E-state index in [0.717, 1.165) is 31.4 Å². The van der Waals surface area contributed by atoms with E-state index in [1.807, 2.05) is 13.0 Å². The van der Waals surface area contributed by atoms with E-state index in [-0.39, 0.29) is 17.8 Å². The van der Waals surface area contributed by atoms with Crippen LogP contribution < -0.4 is 16.4 Å². The second-order valence-electron chi connectivity index (χ2n) is 7.09. The molecular weight excluding hydrogens is 334 g/mol. The van der Waals surface area contributed by atoms with Crippen LogP contribution in [0.2, 0.25) is 0 Å². The molecule has 26 heavy (non-hydrogen) atoms. The van der Waals surface area contributed by atoms with Crippen LogP contribution in [-0.2, 0) is 21.7 Å². The van der Waals surface area contributed by atoms with Crippen molar-refractivity contribution in [3.05, 3.63) is 29.7 Å². The van der Waals surface area contributed by atoms with Crippen LogP contribution in [0.4, 0.5) is 0 Å². The standard InChI is InChI=1S/C17H25N7O2/c1-11-4-3-9-17(20-11,15(18)26)16-21-23-24(22-16)10-13-5-7-14(8-6-13)19-12(2)25/h3-4,9,13-14,20H,5-8,10H2,1-2H3,(H2,18,26)(H,19,25). The maximum atomic E-state index is 12.1. The van der Waals surface area contributed by atoms with Crippen LogP contribution in [-0.4, -0.2) is 38.1 Å². The highest BCUT2D eigenvalue weighted by Gasteiger charge is 2.42. The van der Waals surface area contributed by atoms with Gasteiger partial charge in [0.1, 0.15) is 0 Å². The fourth-order valence-electron chi connectivity index (χ4n) is 3.60. The first-order valence-corrected chi connectivity index (χ1v) is 8.88. The Labute approximate surface area is 152 Å². The van der Waals surface area contributed by atoms with Crippen molar-refractivity contribution in [1.82, 2.24) is 30.8 Å². The summed E-state index contributed by atoms with van der Waals surface area (Å²) in [5.41, 5.74) is 5.15. The van der Waals surface area contributed by atoms with E-state index in [1.54, 1.807) is 19.1 Å². The number of primary amides is 1. The summed E-state index contributed by atoms with van der Waals surface area (Å²) < 4.78 is 0. The molecule has 9 nitrogen and oxygen atoms in total. The number of allylic oxidation sites excluding steroid dienone is 3. The molecule has 0 saturated heterocycles. The van der Waals surface area contributed by atoms with E-state index >= 15 is 0 Å². The molecule has 1 aliphatic heterocycles. The van der Waals surface area contributed by atoms with E-state index < -0.39 is 11.4 Å². The summed E-state index contributed by atoms with van der Waals surface area (Å²) in [4.78, 5) is 24.8. The Morgan fingerprint density at radius 2 is 2.12 bits per heavy atom. The van der Waals surface area contributed by atoms with Gasteiger partial charge in [-0.3, -0.25) is 9.59 Å². The molecule has 0 aromatic carbocycles. The van der Waals surface area contributed by atoms with Gasteiger partial charge in [-0.1, -0.05) is 6.08 Å². The number of aromatic nitrogens is 4. The van der Waals surface area contributed by atoms with Gasteiger partial charge in [0.15, 0.2) is 5.54 Å². The van der Waals surface area contributed by atoms with Gasteiger partial charge in [0.25, 0.3) is 5.91 Å². The molecule has 0 spiro atoms. The number of dihydropyridines is 1. The van der Waals surface area contributed by atoms with Gasteiger partial charge in [0.2, 0.25) is 11.7 Å². The summed E-state index contributed by atoms with van der Waals surface area (Å²) in [7, 11) is 0. The molecule has 4 N–H and O–H groups in total. The number of carbonyl (C=O) groups excluding carboxylic acids is 2. The predicted octanol–water partition coefficient (Wildman–Crippen LogP) is 0.112. The molecule has 1 unspecified atom stereocenters. The molecule has 3 rings (SSSR count). The van der Waals surface area contributed by atoms with E-state index in [4.69, 9.17) is 5.73 Å². The van der Waals surface area contributed by atoms with Crippen molar-refractivity contribution < 1.29 is 9.59 Å². The lowest BCUT2D eigenvalue weighted by molar-refractivity contribution is -0.123. The first-order valence-electron chi connectivity index (χ1n) is 8.88. The van der Waals surface area contributed by atoms with Gasteiger partial charge in [-0.05, 0) is 55.9 Å². The summed E-state index contributed by atoms with van der Waals surface area (Å²) in [6, 6.07) is 0.257. The highest BCUT2D eigenvalue weighted by Crippen LogP contribution is 2.26. The van der Waals surface area contributed by atoms with E-state index in [0.29, 0.717) is 12.5 Å². The van der Waals surface area contributed by atoms with Crippen LogP contribution in [0.25, 0.3) is 0 Å². The summed E-state index contributed by atoms with van der Waals surface area (Å²) in [6.07, 6.45) is 9.14. The molecule has 2 aliphatic rings. The Balaban J connectivity index is 1.65. The Morgan fingerprint density at radius 3 is 2.73 bits per heavy atom. The fourth-order valence-corrected chi connectivity index (χ4v) is 3.60. The Hall–Kier alpha value is -2.71. The summed E-state index contributed by atoms with van der Waals surface area (Å²) in [5.74, 6) is 0.116. The highest BCUT2D eigenvalue weighted by molar-refractivity contribution is 5.88. The number of nitrogens with one attached hydrogen (secondary N) is 2. The molecule has 1 fully saturated rings. The number of nitrogens with zero attached hydrogens (tertiary/aromatic N) is 4. The quantitative estimate of drug-likeness (QED) is 0.685. The van der Waals surface area contributed by atoms with Gasteiger partial charge in [-0.2, -0.15) is 4.80 Å². The largest absolute Gasteiger partial charge is 0.367 e. The van der Waals surface area contributed by atoms with Crippen LogP contribution in [0.3, 0.4) is 0 Å². The number of carbonyl (C=O) groups is 2. The maximum absolute atomic E-state index is 12.1. The average molecular weight is 359 g/mol. The minimum Gasteiger partial charge on any atom is -0.367 e. The van der Waals surface area contributed by atoms with Gasteiger partial charge < -0.3 is 16.4 Å². The Kier molecular flexibility index (Phi) is 5.06. The SMILES string of the molecule is CC(=O)NC1CCC(Cn2nnc(C3(C(N)=O)C=CC=C(C)N3)n2)CC1. The van der Waals surface area contributed by atoms with E-state index in [9.17, 15) is 9.59 Å². The first-order chi connectivity index (χ1) is 12.4. The third kappa shape index (κ3) is 3.76. The highest BCUT2D eigenvalue weighted by atomic mass is 16.2. The number of rotatable bonds is 5. The van der Waals surface area contributed by atoms with Crippen LogP contribution >= 0.6 is 0 Å². The molecule has 2 heterocycles. The molecule has 0 radical (unpaired) electrons. The topological polar surface area (TPSA) is 128 Å². The fraction of sp³-hybridized carbons (Fsp3) is 0.588. The molecule has 140 valence electrons. The number of hydrogen-bond acceptors (Lipinski definition) is 6. The van der Waals surface area contributed by atoms with Crippen molar-refractivity contribution >= 4 is 11.8 Å². The Bertz CT molecular complexity index is 746. The van der Waals surface area contributed by atoms with E-state index in [1.165, 1.54) is 4.80 Å². The zero-order valence-corrected chi connectivity index (χ0v) is 15.1. The minimum absolute atomic E-state index is 0.0187. The number of tetrazole rings is 1. The van der Waals surface area contributed by atoms with Gasteiger partial charge in [0, 0.05) is 18.7 Å². The van der Waals surface area contributed by atoms with E-state index in [2.05, 4.69) is 26.0 Å². The van der Waals surface area contributed by atoms with Crippen molar-refractivity contribution in [3.8, 4) is 0 Å². The van der Waals surface area contributed by atoms with Crippen molar-refractivity contribution in [2.45, 2.75) is 57.7 Å². The number of nitrogens with two attached hydrogens (primary N) is 1. The zero-order valence-electron chi connectivity index (χ0n) is 15.1. The monoisotopic (exact) mass is 359 g/mol. The lowest BCUT2D eigenvalue weighted by Crippen LogP contribution is -2.52. The zero-order chi connectivity index (χ0) is 18.7. The summed E-state index contributed by atoms with van der Waals surface area (Å²) in [6.45, 7) is 4.03. The van der Waals surface area contributed by atoms with Crippen LogP contribution in [0.1, 0.15) is 45.4 Å². The molecule has 2 amide bonds. The van der Waals surface area contributed by atoms with Crippen molar-refractivity contribution in [2.75, 3.05) is 0 Å². The van der Waals surface area contributed by atoms with Crippen molar-refractivity contribution in [3.63, 3.8) is 0 Å². The minimum atomic E-state index is -1.26. The number of hydrogen-bond donors (Lipinski definition) is 3. The molecule has 1 aromatic heterocycles. The molecule has 1 saturated carbocycles. The van der Waals surface area contributed by atoms with Gasteiger partial charge in [-0.25, -0.2) is 0 Å². The van der Waals surface area contributed by atoms with Gasteiger partial charge in [-0.15, -0.1) is 10.2 Å². The molecule has 1 atom stereocenters. The van der Waals surface area contributed by atoms with Crippen molar-refractivity contribution in [1.29, 1.82) is 0 Å². The lowest BCUT2D eigenvalue weighted by Gasteiger charge is -2.29. The summed E-state index contributed by atoms with van der Waals surface area (Å²) in [5, 5.41) is 18.6. The lowest BCUT2D eigenvalue weighted by atomic mass is 9.86. The summed E-state index contributed by atoms with van der Waals surface area (Å²) >= 11 is 0. The molecule has 9 heteroatoms. The maximum Gasteiger partial charge on any atom is 0.255 e. The van der Waals surface area contributed by atoms with Crippen LogP contribution in [0.5, 0.6) is 0 Å². The second kappa shape index (κ2) is 7.27. The molecule has 1 aromatic rings. The van der Waals surface area contributed by atoms with Crippen molar-refractivity contribution in [2.24, 2.45) is 11.7 Å². The molecule has 1 aliphatic carbocycles. The van der Waals surface area contributed by atoms with Crippen LogP contribution in [0, 0.1) is 5.92 Å². The third-order valence-corrected chi connectivity index (χ3v) is 4.96. The number of amides is 2. The van der Waals surface area contributed by atoms with Crippen LogP contribution in [0.15, 0.2) is 23.9 Å². The van der Waals surface area contributed by atoms with Gasteiger partial charge in [0.05, 0.1) is 6.54 Å². The average Bonchev–Trinajstić information content (AvgIpc) is 3.05. The van der Waals surface area contributed by atoms with Gasteiger partial charge >= 0.3 is 0 Å². The predicted molar refractivity (Wildman–Crippen MR) is 94.3 cm³/mol. The third-order valence-electron chi connectivity index (χ3n) is 4.96. The smallest absolute Gasteiger partial charge is 0.255 e.